The van der Waals surface area contributed by atoms with Gasteiger partial charge in [-0.3, -0.25) is 9.62 Å². The first kappa shape index (κ1) is 19.5. The number of nitrogens with zero attached hydrogens (tertiary/aromatic N) is 3. The highest BCUT2D eigenvalue weighted by Gasteiger charge is 2.43. The van der Waals surface area contributed by atoms with Crippen LogP contribution < -0.4 is 10.0 Å². The summed E-state index contributed by atoms with van der Waals surface area (Å²) in [5.41, 5.74) is 0.774. The third-order valence-corrected chi connectivity index (χ3v) is 8.06. The van der Waals surface area contributed by atoms with Crippen LogP contribution in [0.5, 0.6) is 0 Å². The van der Waals surface area contributed by atoms with E-state index in [9.17, 15) is 13.7 Å². The van der Waals surface area contributed by atoms with Gasteiger partial charge in [-0.25, -0.2) is 13.4 Å². The number of benzene rings is 1. The lowest BCUT2D eigenvalue weighted by Crippen LogP contribution is -2.44. The molecule has 7 nitrogen and oxygen atoms in total. The van der Waals surface area contributed by atoms with Crippen molar-refractivity contribution in [3.05, 3.63) is 34.3 Å². The predicted octanol–water partition coefficient (Wildman–Crippen LogP) is 3.51. The van der Waals surface area contributed by atoms with Crippen LogP contribution in [-0.4, -0.2) is 43.5 Å². The maximum Gasteiger partial charge on any atom is 0.265 e. The Morgan fingerprint density at radius 1 is 1.32 bits per heavy atom. The maximum atomic E-state index is 12.7. The minimum atomic E-state index is -3.96. The lowest BCUT2D eigenvalue weighted by atomic mass is 9.94. The highest BCUT2D eigenvalue weighted by Crippen LogP contribution is 2.39. The molecule has 0 unspecified atom stereocenters. The van der Waals surface area contributed by atoms with E-state index in [0.717, 1.165) is 43.8 Å². The maximum absolute atomic E-state index is 12.7. The van der Waals surface area contributed by atoms with E-state index in [4.69, 9.17) is 11.6 Å². The van der Waals surface area contributed by atoms with Gasteiger partial charge in [0.2, 0.25) is 0 Å². The fourth-order valence-electron chi connectivity index (χ4n) is 4.22. The van der Waals surface area contributed by atoms with E-state index in [0.29, 0.717) is 5.69 Å². The van der Waals surface area contributed by atoms with Crippen molar-refractivity contribution in [3.63, 3.8) is 0 Å². The van der Waals surface area contributed by atoms with E-state index in [1.807, 2.05) is 6.07 Å². The van der Waals surface area contributed by atoms with Crippen LogP contribution in [0.15, 0.2) is 28.6 Å². The molecule has 0 saturated carbocycles. The van der Waals surface area contributed by atoms with Gasteiger partial charge < -0.3 is 5.32 Å². The average molecular weight is 438 g/mol. The number of fused-ring (bicyclic) bond motifs is 1. The molecule has 2 N–H and O–H groups in total. The van der Waals surface area contributed by atoms with Crippen molar-refractivity contribution in [2.24, 2.45) is 0 Å². The fourth-order valence-corrected chi connectivity index (χ4v) is 6.47. The molecule has 0 radical (unpaired) electrons. The Morgan fingerprint density at radius 2 is 2.07 bits per heavy atom. The summed E-state index contributed by atoms with van der Waals surface area (Å²) in [7, 11) is -3.96. The van der Waals surface area contributed by atoms with Crippen LogP contribution in [0.1, 0.15) is 31.2 Å². The average Bonchev–Trinajstić information content (AvgIpc) is 3.37. The second kappa shape index (κ2) is 7.52. The molecule has 2 aliphatic rings. The van der Waals surface area contributed by atoms with Gasteiger partial charge >= 0.3 is 0 Å². The van der Waals surface area contributed by atoms with E-state index < -0.39 is 10.0 Å². The Balaban J connectivity index is 1.58. The number of halogens is 1. The van der Waals surface area contributed by atoms with E-state index in [1.165, 1.54) is 31.2 Å². The molecule has 0 aliphatic carbocycles. The summed E-state index contributed by atoms with van der Waals surface area (Å²) in [6.07, 6.45) is 6.18. The summed E-state index contributed by atoms with van der Waals surface area (Å²) in [4.78, 5) is 6.29. The zero-order valence-corrected chi connectivity index (χ0v) is 17.5. The summed E-state index contributed by atoms with van der Waals surface area (Å²) in [5.74, 6) is 0. The first-order valence-corrected chi connectivity index (χ1v) is 11.8. The first-order valence-electron chi connectivity index (χ1n) is 9.08. The van der Waals surface area contributed by atoms with Crippen molar-refractivity contribution in [3.8, 4) is 6.07 Å². The number of rotatable bonds is 6. The zero-order valence-electron chi connectivity index (χ0n) is 15.1. The van der Waals surface area contributed by atoms with Crippen LogP contribution in [0, 0.1) is 11.3 Å². The Morgan fingerprint density at radius 3 is 2.71 bits per heavy atom. The third kappa shape index (κ3) is 3.57. The predicted molar refractivity (Wildman–Crippen MR) is 110 cm³/mol. The summed E-state index contributed by atoms with van der Waals surface area (Å²) in [6, 6.07) is 4.82. The Bertz CT molecular complexity index is 1010. The van der Waals surface area contributed by atoms with Gasteiger partial charge in [0, 0.05) is 23.7 Å². The van der Waals surface area contributed by atoms with Gasteiger partial charge in [-0.15, -0.1) is 11.3 Å². The summed E-state index contributed by atoms with van der Waals surface area (Å²) < 4.78 is 27.7. The third-order valence-electron chi connectivity index (χ3n) is 5.55. The molecule has 3 heterocycles. The summed E-state index contributed by atoms with van der Waals surface area (Å²) >= 11 is 7.54. The van der Waals surface area contributed by atoms with Crippen LogP contribution in [0.3, 0.4) is 0 Å². The van der Waals surface area contributed by atoms with Gasteiger partial charge in [-0.2, -0.15) is 5.26 Å². The van der Waals surface area contributed by atoms with Gasteiger partial charge in [0.15, 0.2) is 5.13 Å². The molecular weight excluding hydrogens is 418 g/mol. The first-order chi connectivity index (χ1) is 13.4. The van der Waals surface area contributed by atoms with Gasteiger partial charge in [-0.05, 0) is 50.9 Å². The smallest absolute Gasteiger partial charge is 0.265 e. The quantitative estimate of drug-likeness (QED) is 0.717. The van der Waals surface area contributed by atoms with Crippen LogP contribution in [0.4, 0.5) is 10.8 Å². The number of anilines is 2. The number of nitriles is 1. The van der Waals surface area contributed by atoms with Gasteiger partial charge in [0.05, 0.1) is 16.3 Å². The van der Waals surface area contributed by atoms with Crippen molar-refractivity contribution >= 4 is 43.8 Å². The molecule has 148 valence electrons. The van der Waals surface area contributed by atoms with E-state index in [-0.39, 0.29) is 26.2 Å². The normalized spacial score (nSPS) is 18.6. The standard InChI is InChI=1S/C18H20ClN5O2S2/c19-14-10-16(28(25,26)23-17-21-5-8-27-17)13(11-20)9-15(14)22-12-18-3-1-6-24(18)7-2-4-18/h5,8-10,22H,1-4,6-7,12H2,(H,21,23). The zero-order chi connectivity index (χ0) is 19.8. The fraction of sp³-hybridized carbons (Fsp3) is 0.444. The minimum absolute atomic E-state index is 0.0446. The van der Waals surface area contributed by atoms with E-state index >= 15 is 0 Å². The highest BCUT2D eigenvalue weighted by molar-refractivity contribution is 7.93. The molecule has 0 bridgehead atoms. The molecule has 28 heavy (non-hydrogen) atoms. The molecule has 10 heteroatoms. The molecule has 1 aromatic carbocycles. The summed E-state index contributed by atoms with van der Waals surface area (Å²) in [6.45, 7) is 2.98. The van der Waals surface area contributed by atoms with Crippen LogP contribution in [0.25, 0.3) is 0 Å². The molecule has 0 spiro atoms. The molecule has 4 rings (SSSR count). The topological polar surface area (TPSA) is 98.1 Å². The molecule has 0 amide bonds. The SMILES string of the molecule is N#Cc1cc(NCC23CCCN2CCC3)c(Cl)cc1S(=O)(=O)Nc1nccs1. The Kier molecular flexibility index (Phi) is 5.22. The molecule has 1 aromatic heterocycles. The van der Waals surface area contributed by atoms with Crippen LogP contribution in [0.2, 0.25) is 5.02 Å². The Hall–Kier alpha value is -1.86. The number of nitrogens with one attached hydrogen (secondary N) is 2. The van der Waals surface area contributed by atoms with E-state index in [1.54, 1.807) is 5.38 Å². The van der Waals surface area contributed by atoms with Crippen molar-refractivity contribution in [2.75, 3.05) is 29.7 Å². The molecular formula is C18H20ClN5O2S2. The lowest BCUT2D eigenvalue weighted by Gasteiger charge is -2.32. The lowest BCUT2D eigenvalue weighted by molar-refractivity contribution is 0.209. The number of thiazole rings is 1. The van der Waals surface area contributed by atoms with Gasteiger partial charge in [0.25, 0.3) is 10.0 Å². The number of hydrogen-bond donors (Lipinski definition) is 2. The molecule has 2 fully saturated rings. The Labute approximate surface area is 173 Å². The second-order valence-corrected chi connectivity index (χ2v) is 10.1. The number of hydrogen-bond acceptors (Lipinski definition) is 7. The van der Waals surface area contributed by atoms with Crippen LogP contribution >= 0.6 is 22.9 Å². The minimum Gasteiger partial charge on any atom is -0.382 e. The van der Waals surface area contributed by atoms with E-state index in [2.05, 4.69) is 19.9 Å². The van der Waals surface area contributed by atoms with Crippen molar-refractivity contribution in [1.82, 2.24) is 9.88 Å². The van der Waals surface area contributed by atoms with Crippen molar-refractivity contribution in [1.29, 1.82) is 5.26 Å². The monoisotopic (exact) mass is 437 g/mol. The van der Waals surface area contributed by atoms with Crippen molar-refractivity contribution in [2.45, 2.75) is 36.1 Å². The molecule has 2 aromatic rings. The van der Waals surface area contributed by atoms with Gasteiger partial charge in [-0.1, -0.05) is 11.6 Å². The van der Waals surface area contributed by atoms with Crippen molar-refractivity contribution < 1.29 is 8.42 Å². The molecule has 0 atom stereocenters. The number of sulfonamides is 1. The molecule has 2 saturated heterocycles. The highest BCUT2D eigenvalue weighted by atomic mass is 35.5. The summed E-state index contributed by atoms with van der Waals surface area (Å²) in [5, 5.41) is 15.1. The van der Waals surface area contributed by atoms with Gasteiger partial charge in [0.1, 0.15) is 11.0 Å². The largest absolute Gasteiger partial charge is 0.382 e. The second-order valence-electron chi connectivity index (χ2n) is 7.15. The number of aromatic nitrogens is 1. The molecule has 2 aliphatic heterocycles. The van der Waals surface area contributed by atoms with Crippen LogP contribution in [-0.2, 0) is 10.0 Å².